The largest absolute Gasteiger partial charge is 0.497 e. The van der Waals surface area contributed by atoms with Gasteiger partial charge in [-0.15, -0.1) is 0 Å². The highest BCUT2D eigenvalue weighted by atomic mass is 16.5. The fourth-order valence-electron chi connectivity index (χ4n) is 1.74. The van der Waals surface area contributed by atoms with Crippen molar-refractivity contribution in [3.8, 4) is 11.5 Å². The standard InChI is InChI=1S/C14H23NO3/c1-5-11(16)9-15-10(2)13-8-12(17-3)6-7-14(13)18-4/h6-8,10-11,15-16H,5,9H2,1-4H3/t10?,11-/m1/s1. The molecule has 2 N–H and O–H groups in total. The third-order valence-corrected chi connectivity index (χ3v) is 3.03. The van der Waals surface area contributed by atoms with Crippen LogP contribution >= 0.6 is 0 Å². The summed E-state index contributed by atoms with van der Waals surface area (Å²) in [6.07, 6.45) is 0.429. The Labute approximate surface area is 109 Å². The second kappa shape index (κ2) is 7.24. The van der Waals surface area contributed by atoms with Gasteiger partial charge in [0.15, 0.2) is 0 Å². The Hall–Kier alpha value is -1.26. The number of hydrogen-bond acceptors (Lipinski definition) is 4. The molecule has 0 amide bonds. The van der Waals surface area contributed by atoms with Gasteiger partial charge in [-0.3, -0.25) is 0 Å². The second-order valence-corrected chi connectivity index (χ2v) is 4.30. The average molecular weight is 253 g/mol. The summed E-state index contributed by atoms with van der Waals surface area (Å²) < 4.78 is 10.6. The molecule has 0 aliphatic rings. The van der Waals surface area contributed by atoms with Gasteiger partial charge in [-0.1, -0.05) is 6.92 Å². The summed E-state index contributed by atoms with van der Waals surface area (Å²) >= 11 is 0. The van der Waals surface area contributed by atoms with E-state index in [9.17, 15) is 5.11 Å². The molecule has 4 heteroatoms. The van der Waals surface area contributed by atoms with Crippen molar-refractivity contribution in [2.45, 2.75) is 32.4 Å². The number of ether oxygens (including phenoxy) is 2. The Bertz CT molecular complexity index is 368. The molecule has 0 bridgehead atoms. The molecule has 0 aliphatic carbocycles. The maximum absolute atomic E-state index is 9.56. The van der Waals surface area contributed by atoms with Crippen molar-refractivity contribution in [2.24, 2.45) is 0 Å². The molecule has 4 nitrogen and oxygen atoms in total. The molecule has 0 aromatic heterocycles. The molecule has 0 aliphatic heterocycles. The van der Waals surface area contributed by atoms with Gasteiger partial charge in [-0.2, -0.15) is 0 Å². The predicted molar refractivity (Wildman–Crippen MR) is 72.3 cm³/mol. The van der Waals surface area contributed by atoms with Gasteiger partial charge < -0.3 is 19.9 Å². The summed E-state index contributed by atoms with van der Waals surface area (Å²) in [5.74, 6) is 1.62. The summed E-state index contributed by atoms with van der Waals surface area (Å²) in [5.41, 5.74) is 1.03. The summed E-state index contributed by atoms with van der Waals surface area (Å²) in [4.78, 5) is 0. The van der Waals surface area contributed by atoms with Crippen LogP contribution in [-0.4, -0.2) is 32.0 Å². The molecular weight excluding hydrogens is 230 g/mol. The SMILES string of the molecule is CC[C@@H](O)CNC(C)c1cc(OC)ccc1OC. The molecule has 0 saturated carbocycles. The van der Waals surface area contributed by atoms with Crippen LogP contribution in [0.5, 0.6) is 11.5 Å². The van der Waals surface area contributed by atoms with Gasteiger partial charge in [-0.05, 0) is 31.5 Å². The lowest BCUT2D eigenvalue weighted by Gasteiger charge is -2.19. The highest BCUT2D eigenvalue weighted by Gasteiger charge is 2.13. The van der Waals surface area contributed by atoms with E-state index in [2.05, 4.69) is 5.32 Å². The number of methoxy groups -OCH3 is 2. The molecule has 2 atom stereocenters. The van der Waals surface area contributed by atoms with Gasteiger partial charge in [0, 0.05) is 18.2 Å². The lowest BCUT2D eigenvalue weighted by Crippen LogP contribution is -2.28. The quantitative estimate of drug-likeness (QED) is 0.781. The molecule has 18 heavy (non-hydrogen) atoms. The van der Waals surface area contributed by atoms with Crippen molar-refractivity contribution in [3.63, 3.8) is 0 Å². The zero-order chi connectivity index (χ0) is 13.5. The van der Waals surface area contributed by atoms with E-state index in [1.165, 1.54) is 0 Å². The van der Waals surface area contributed by atoms with Crippen LogP contribution in [-0.2, 0) is 0 Å². The molecule has 0 spiro atoms. The van der Waals surface area contributed by atoms with Crippen molar-refractivity contribution in [2.75, 3.05) is 20.8 Å². The average Bonchev–Trinajstić information content (AvgIpc) is 2.43. The van der Waals surface area contributed by atoms with Gasteiger partial charge in [-0.25, -0.2) is 0 Å². The summed E-state index contributed by atoms with van der Waals surface area (Å²) in [7, 11) is 3.30. The van der Waals surface area contributed by atoms with Crippen LogP contribution in [0.3, 0.4) is 0 Å². The molecule has 0 radical (unpaired) electrons. The number of nitrogens with one attached hydrogen (secondary N) is 1. The highest BCUT2D eigenvalue weighted by Crippen LogP contribution is 2.29. The van der Waals surface area contributed by atoms with Crippen molar-refractivity contribution < 1.29 is 14.6 Å². The maximum Gasteiger partial charge on any atom is 0.123 e. The number of rotatable bonds is 7. The molecule has 0 fully saturated rings. The minimum atomic E-state index is -0.316. The highest BCUT2D eigenvalue weighted by molar-refractivity contribution is 5.42. The van der Waals surface area contributed by atoms with Crippen molar-refractivity contribution in [1.29, 1.82) is 0 Å². The Balaban J connectivity index is 2.78. The van der Waals surface area contributed by atoms with Crippen molar-refractivity contribution in [1.82, 2.24) is 5.32 Å². The summed E-state index contributed by atoms with van der Waals surface area (Å²) in [5, 5.41) is 12.9. The first-order chi connectivity index (χ1) is 8.62. The Morgan fingerprint density at radius 3 is 2.56 bits per heavy atom. The number of aliphatic hydroxyl groups is 1. The first-order valence-corrected chi connectivity index (χ1v) is 6.25. The first kappa shape index (κ1) is 14.8. The van der Waals surface area contributed by atoms with Gasteiger partial charge >= 0.3 is 0 Å². The zero-order valence-electron chi connectivity index (χ0n) is 11.6. The molecule has 1 aromatic carbocycles. The zero-order valence-corrected chi connectivity index (χ0v) is 11.6. The predicted octanol–water partition coefficient (Wildman–Crippen LogP) is 2.13. The number of benzene rings is 1. The number of hydrogen-bond donors (Lipinski definition) is 2. The molecule has 102 valence electrons. The molecule has 0 heterocycles. The van der Waals surface area contributed by atoms with Crippen molar-refractivity contribution >= 4 is 0 Å². The second-order valence-electron chi connectivity index (χ2n) is 4.30. The third-order valence-electron chi connectivity index (χ3n) is 3.03. The van der Waals surface area contributed by atoms with E-state index in [1.807, 2.05) is 32.0 Å². The van der Waals surface area contributed by atoms with Crippen LogP contribution in [0, 0.1) is 0 Å². The minimum absolute atomic E-state index is 0.0937. The Kier molecular flexibility index (Phi) is 5.95. The van der Waals surface area contributed by atoms with Gasteiger partial charge in [0.25, 0.3) is 0 Å². The van der Waals surface area contributed by atoms with Crippen LogP contribution in [0.25, 0.3) is 0 Å². The van der Waals surface area contributed by atoms with E-state index in [-0.39, 0.29) is 12.1 Å². The summed E-state index contributed by atoms with van der Waals surface area (Å²) in [6.45, 7) is 4.57. The third kappa shape index (κ3) is 3.89. The molecule has 1 rings (SSSR count). The Morgan fingerprint density at radius 1 is 1.28 bits per heavy atom. The lowest BCUT2D eigenvalue weighted by molar-refractivity contribution is 0.163. The van der Waals surface area contributed by atoms with Gasteiger partial charge in [0.05, 0.1) is 20.3 Å². The molecule has 1 aromatic rings. The topological polar surface area (TPSA) is 50.7 Å². The maximum atomic E-state index is 9.56. The minimum Gasteiger partial charge on any atom is -0.497 e. The fraction of sp³-hybridized carbons (Fsp3) is 0.571. The monoisotopic (exact) mass is 253 g/mol. The van der Waals surface area contributed by atoms with Crippen LogP contribution in [0.4, 0.5) is 0 Å². The number of aliphatic hydroxyl groups excluding tert-OH is 1. The van der Waals surface area contributed by atoms with E-state index in [0.29, 0.717) is 6.54 Å². The molecule has 1 unspecified atom stereocenters. The van der Waals surface area contributed by atoms with Crippen LogP contribution in [0.1, 0.15) is 31.9 Å². The first-order valence-electron chi connectivity index (χ1n) is 6.25. The lowest BCUT2D eigenvalue weighted by atomic mass is 10.1. The van der Waals surface area contributed by atoms with E-state index >= 15 is 0 Å². The van der Waals surface area contributed by atoms with E-state index in [0.717, 1.165) is 23.5 Å². The van der Waals surface area contributed by atoms with Gasteiger partial charge in [0.2, 0.25) is 0 Å². The normalized spacial score (nSPS) is 14.1. The fourth-order valence-corrected chi connectivity index (χ4v) is 1.74. The molecule has 0 saturated heterocycles. The van der Waals surface area contributed by atoms with Crippen LogP contribution in [0.2, 0.25) is 0 Å². The Morgan fingerprint density at radius 2 is 2.00 bits per heavy atom. The van der Waals surface area contributed by atoms with Crippen LogP contribution in [0.15, 0.2) is 18.2 Å². The van der Waals surface area contributed by atoms with Gasteiger partial charge in [0.1, 0.15) is 11.5 Å². The molecular formula is C14H23NO3. The van der Waals surface area contributed by atoms with E-state index < -0.39 is 0 Å². The van der Waals surface area contributed by atoms with E-state index in [4.69, 9.17) is 9.47 Å². The van der Waals surface area contributed by atoms with Crippen LogP contribution < -0.4 is 14.8 Å². The smallest absolute Gasteiger partial charge is 0.123 e. The van der Waals surface area contributed by atoms with Crippen molar-refractivity contribution in [3.05, 3.63) is 23.8 Å². The summed E-state index contributed by atoms with van der Waals surface area (Å²) in [6, 6.07) is 5.81. The van der Waals surface area contributed by atoms with E-state index in [1.54, 1.807) is 14.2 Å².